The maximum atomic E-state index is 10.2. The van der Waals surface area contributed by atoms with Crippen LogP contribution in [0.5, 0.6) is 0 Å². The predicted molar refractivity (Wildman–Crippen MR) is 70.5 cm³/mol. The van der Waals surface area contributed by atoms with Crippen LogP contribution in [0.4, 0.5) is 0 Å². The molecule has 1 aromatic carbocycles. The number of para-hydroxylation sites is 1. The third-order valence-electron chi connectivity index (χ3n) is 3.00. The molecule has 4 heteroatoms. The van der Waals surface area contributed by atoms with Gasteiger partial charge in [-0.25, -0.2) is 4.68 Å². The van der Waals surface area contributed by atoms with E-state index in [1.54, 1.807) is 10.9 Å². The molecule has 0 saturated carbocycles. The van der Waals surface area contributed by atoms with Gasteiger partial charge in [0.1, 0.15) is 0 Å². The van der Waals surface area contributed by atoms with Gasteiger partial charge in [-0.3, -0.25) is 0 Å². The molecule has 0 aliphatic heterocycles. The van der Waals surface area contributed by atoms with E-state index in [1.165, 1.54) is 0 Å². The van der Waals surface area contributed by atoms with E-state index in [9.17, 15) is 5.11 Å². The second-order valence-corrected chi connectivity index (χ2v) is 4.42. The summed E-state index contributed by atoms with van der Waals surface area (Å²) in [6, 6.07) is 9.76. The van der Waals surface area contributed by atoms with Crippen LogP contribution in [-0.4, -0.2) is 20.1 Å². The first kappa shape index (κ1) is 12.8. The molecule has 0 amide bonds. The fourth-order valence-corrected chi connectivity index (χ4v) is 1.98. The molecule has 1 atom stereocenters. The second-order valence-electron chi connectivity index (χ2n) is 4.42. The molecule has 1 aromatic heterocycles. The van der Waals surface area contributed by atoms with Crippen molar-refractivity contribution in [3.63, 3.8) is 0 Å². The summed E-state index contributed by atoms with van der Waals surface area (Å²) in [6.07, 6.45) is 5.23. The number of nitrogens with zero attached hydrogens (tertiary/aromatic N) is 3. The minimum Gasteiger partial charge on any atom is -0.387 e. The largest absolute Gasteiger partial charge is 0.387 e. The summed E-state index contributed by atoms with van der Waals surface area (Å²) in [5.41, 5.74) is 1.69. The molecule has 2 aromatic rings. The zero-order chi connectivity index (χ0) is 12.8. The molecule has 96 valence electrons. The van der Waals surface area contributed by atoms with E-state index < -0.39 is 6.10 Å². The number of unbranched alkanes of at least 4 members (excludes halogenated alkanes) is 2. The SMILES string of the molecule is CCCCCC(O)c1cnnn1-c1ccccc1. The maximum absolute atomic E-state index is 10.2. The van der Waals surface area contributed by atoms with Crippen LogP contribution in [0, 0.1) is 0 Å². The number of hydrogen-bond acceptors (Lipinski definition) is 3. The van der Waals surface area contributed by atoms with Crippen molar-refractivity contribution in [2.45, 2.75) is 38.7 Å². The third kappa shape index (κ3) is 2.96. The lowest BCUT2D eigenvalue weighted by Crippen LogP contribution is -2.07. The van der Waals surface area contributed by atoms with Crippen molar-refractivity contribution in [2.75, 3.05) is 0 Å². The Hall–Kier alpha value is -1.68. The predicted octanol–water partition coefficient (Wildman–Crippen LogP) is 2.88. The highest BCUT2D eigenvalue weighted by Gasteiger charge is 2.14. The zero-order valence-corrected chi connectivity index (χ0v) is 10.7. The minimum absolute atomic E-state index is 0.494. The molecule has 18 heavy (non-hydrogen) atoms. The van der Waals surface area contributed by atoms with E-state index in [0.717, 1.165) is 37.1 Å². The number of rotatable bonds is 6. The van der Waals surface area contributed by atoms with Gasteiger partial charge in [-0.2, -0.15) is 0 Å². The van der Waals surface area contributed by atoms with Crippen LogP contribution in [-0.2, 0) is 0 Å². The number of aromatic nitrogens is 3. The van der Waals surface area contributed by atoms with Gasteiger partial charge in [0.05, 0.1) is 23.7 Å². The van der Waals surface area contributed by atoms with Crippen molar-refractivity contribution in [3.05, 3.63) is 42.2 Å². The molecule has 2 rings (SSSR count). The average molecular weight is 245 g/mol. The first-order valence-electron chi connectivity index (χ1n) is 6.47. The number of aliphatic hydroxyl groups excluding tert-OH is 1. The third-order valence-corrected chi connectivity index (χ3v) is 3.00. The monoisotopic (exact) mass is 245 g/mol. The van der Waals surface area contributed by atoms with Gasteiger partial charge in [-0.15, -0.1) is 5.10 Å². The summed E-state index contributed by atoms with van der Waals surface area (Å²) in [4.78, 5) is 0. The van der Waals surface area contributed by atoms with E-state index in [1.807, 2.05) is 30.3 Å². The highest BCUT2D eigenvalue weighted by atomic mass is 16.3. The van der Waals surface area contributed by atoms with Gasteiger partial charge in [0, 0.05) is 0 Å². The lowest BCUT2D eigenvalue weighted by atomic mass is 10.1. The van der Waals surface area contributed by atoms with E-state index >= 15 is 0 Å². The maximum Gasteiger partial charge on any atom is 0.0977 e. The van der Waals surface area contributed by atoms with Crippen LogP contribution in [0.2, 0.25) is 0 Å². The normalized spacial score (nSPS) is 12.6. The van der Waals surface area contributed by atoms with Crippen molar-refractivity contribution in [2.24, 2.45) is 0 Å². The van der Waals surface area contributed by atoms with Crippen molar-refractivity contribution < 1.29 is 5.11 Å². The molecule has 1 heterocycles. The molecule has 0 aliphatic rings. The van der Waals surface area contributed by atoms with Crippen molar-refractivity contribution in [1.29, 1.82) is 0 Å². The van der Waals surface area contributed by atoms with E-state index in [2.05, 4.69) is 17.2 Å². The molecule has 0 radical (unpaired) electrons. The number of hydrogen-bond donors (Lipinski definition) is 1. The molecule has 0 spiro atoms. The van der Waals surface area contributed by atoms with Crippen LogP contribution in [0.15, 0.2) is 36.5 Å². The van der Waals surface area contributed by atoms with Gasteiger partial charge in [0.15, 0.2) is 0 Å². The smallest absolute Gasteiger partial charge is 0.0977 e. The summed E-state index contributed by atoms with van der Waals surface area (Å²) >= 11 is 0. The molecule has 1 N–H and O–H groups in total. The standard InChI is InChI=1S/C14H19N3O/c1-2-3-5-10-14(18)13-11-15-16-17(13)12-8-6-4-7-9-12/h4,6-9,11,14,18H,2-3,5,10H2,1H3. The molecule has 4 nitrogen and oxygen atoms in total. The fourth-order valence-electron chi connectivity index (χ4n) is 1.98. The Bertz CT molecular complexity index is 467. The van der Waals surface area contributed by atoms with Crippen molar-refractivity contribution in [3.8, 4) is 5.69 Å². The molecule has 0 fully saturated rings. The van der Waals surface area contributed by atoms with Gasteiger partial charge >= 0.3 is 0 Å². The summed E-state index contributed by atoms with van der Waals surface area (Å²) in [5, 5.41) is 18.1. The zero-order valence-electron chi connectivity index (χ0n) is 10.7. The minimum atomic E-state index is -0.494. The van der Waals surface area contributed by atoms with E-state index in [4.69, 9.17) is 0 Å². The van der Waals surface area contributed by atoms with Crippen LogP contribution >= 0.6 is 0 Å². The summed E-state index contributed by atoms with van der Waals surface area (Å²) in [6.45, 7) is 2.15. The quantitative estimate of drug-likeness (QED) is 0.796. The molecular weight excluding hydrogens is 226 g/mol. The summed E-state index contributed by atoms with van der Waals surface area (Å²) < 4.78 is 1.70. The Labute approximate surface area is 107 Å². The summed E-state index contributed by atoms with van der Waals surface area (Å²) in [7, 11) is 0. The second kappa shape index (κ2) is 6.31. The van der Waals surface area contributed by atoms with E-state index in [-0.39, 0.29) is 0 Å². The van der Waals surface area contributed by atoms with Gasteiger partial charge in [-0.1, -0.05) is 49.6 Å². The molecule has 0 saturated heterocycles. The Morgan fingerprint density at radius 3 is 2.72 bits per heavy atom. The van der Waals surface area contributed by atoms with Gasteiger partial charge in [0.2, 0.25) is 0 Å². The number of benzene rings is 1. The first-order chi connectivity index (χ1) is 8.83. The Morgan fingerprint density at radius 2 is 2.00 bits per heavy atom. The Morgan fingerprint density at radius 1 is 1.22 bits per heavy atom. The number of aliphatic hydroxyl groups is 1. The van der Waals surface area contributed by atoms with E-state index in [0.29, 0.717) is 0 Å². The van der Waals surface area contributed by atoms with Crippen LogP contribution in [0.1, 0.15) is 44.4 Å². The van der Waals surface area contributed by atoms with Crippen LogP contribution < -0.4 is 0 Å². The van der Waals surface area contributed by atoms with Crippen LogP contribution in [0.25, 0.3) is 5.69 Å². The fraction of sp³-hybridized carbons (Fsp3) is 0.429. The summed E-state index contributed by atoms with van der Waals surface area (Å²) in [5.74, 6) is 0. The van der Waals surface area contributed by atoms with Crippen molar-refractivity contribution in [1.82, 2.24) is 15.0 Å². The molecule has 0 aliphatic carbocycles. The van der Waals surface area contributed by atoms with Crippen molar-refractivity contribution >= 4 is 0 Å². The lowest BCUT2D eigenvalue weighted by Gasteiger charge is -2.11. The van der Waals surface area contributed by atoms with Gasteiger partial charge < -0.3 is 5.11 Å². The lowest BCUT2D eigenvalue weighted by molar-refractivity contribution is 0.156. The Kier molecular flexibility index (Phi) is 4.47. The van der Waals surface area contributed by atoms with Gasteiger partial charge in [-0.05, 0) is 18.6 Å². The average Bonchev–Trinajstić information content (AvgIpc) is 2.89. The molecular formula is C14H19N3O. The topological polar surface area (TPSA) is 50.9 Å². The Balaban J connectivity index is 2.12. The molecule has 0 bridgehead atoms. The molecule has 1 unspecified atom stereocenters. The highest BCUT2D eigenvalue weighted by Crippen LogP contribution is 2.21. The highest BCUT2D eigenvalue weighted by molar-refractivity contribution is 5.31. The van der Waals surface area contributed by atoms with Crippen LogP contribution in [0.3, 0.4) is 0 Å². The van der Waals surface area contributed by atoms with Gasteiger partial charge in [0.25, 0.3) is 0 Å². The first-order valence-corrected chi connectivity index (χ1v) is 6.47.